The normalized spacial score (nSPS) is 10.5. The number of nitrogens with zero attached hydrogens (tertiary/aromatic N) is 2. The van der Waals surface area contributed by atoms with Crippen molar-refractivity contribution in [3.63, 3.8) is 0 Å². The van der Waals surface area contributed by atoms with Crippen LogP contribution in [0.5, 0.6) is 0 Å². The van der Waals surface area contributed by atoms with Crippen molar-refractivity contribution in [2.24, 2.45) is 0 Å². The van der Waals surface area contributed by atoms with E-state index in [4.69, 9.17) is 0 Å². The molecule has 0 bridgehead atoms. The molecule has 1 rings (SSSR count). The number of rotatable bonds is 3. The Kier molecular flexibility index (Phi) is 3.81. The molecule has 0 unspecified atom stereocenters. The second kappa shape index (κ2) is 4.42. The van der Waals surface area contributed by atoms with Crippen molar-refractivity contribution in [2.45, 2.75) is 10.9 Å². The van der Waals surface area contributed by atoms with Crippen LogP contribution in [0.4, 0.5) is 0 Å². The predicted molar refractivity (Wildman–Crippen MR) is 55.2 cm³/mol. The molecular formula is C6H9BrN2S2. The number of hydrogen-bond donors (Lipinski definition) is 0. The Morgan fingerprint density at radius 3 is 2.91 bits per heavy atom. The summed E-state index contributed by atoms with van der Waals surface area (Å²) in [5, 5.41) is 5.40. The third-order valence-electron chi connectivity index (χ3n) is 1.19. The van der Waals surface area contributed by atoms with Gasteiger partial charge in [0.15, 0.2) is 0 Å². The van der Waals surface area contributed by atoms with E-state index in [0.29, 0.717) is 0 Å². The molecule has 0 radical (unpaired) electrons. The Balaban J connectivity index is 2.86. The molecule has 5 heteroatoms. The van der Waals surface area contributed by atoms with E-state index in [1.54, 1.807) is 23.5 Å². The minimum Gasteiger partial charge on any atom is -0.248 e. The van der Waals surface area contributed by atoms with E-state index in [2.05, 4.69) is 33.5 Å². The fourth-order valence-corrected chi connectivity index (χ4v) is 2.64. The van der Waals surface area contributed by atoms with Crippen molar-refractivity contribution in [3.05, 3.63) is 10.7 Å². The van der Waals surface area contributed by atoms with Gasteiger partial charge in [0.2, 0.25) is 0 Å². The van der Waals surface area contributed by atoms with Crippen LogP contribution in [-0.4, -0.2) is 22.3 Å². The first-order chi connectivity index (χ1) is 5.29. The van der Waals surface area contributed by atoms with E-state index in [1.165, 1.54) is 5.03 Å². The molecule has 1 heterocycles. The molecule has 0 spiro atoms. The maximum absolute atomic E-state index is 4.20. The van der Waals surface area contributed by atoms with Crippen molar-refractivity contribution < 1.29 is 0 Å². The molecule has 0 saturated heterocycles. The van der Waals surface area contributed by atoms with E-state index in [1.807, 2.05) is 10.9 Å². The quantitative estimate of drug-likeness (QED) is 0.771. The fourth-order valence-electron chi connectivity index (χ4n) is 0.768. The van der Waals surface area contributed by atoms with E-state index < -0.39 is 0 Å². The average molecular weight is 253 g/mol. The molecule has 0 fully saturated rings. The van der Waals surface area contributed by atoms with Crippen LogP contribution in [0, 0.1) is 0 Å². The van der Waals surface area contributed by atoms with Crippen LogP contribution in [0.25, 0.3) is 0 Å². The molecule has 62 valence electrons. The zero-order valence-corrected chi connectivity index (χ0v) is 9.59. The standard InChI is InChI=1S/C6H9BrN2S2/c1-10-4-9-6(11-2)5(7)3-8-9/h3H,4H2,1-2H3. The fraction of sp³-hybridized carbons (Fsp3) is 0.500. The summed E-state index contributed by atoms with van der Waals surface area (Å²) in [4.78, 5) is 0. The second-order valence-electron chi connectivity index (χ2n) is 1.92. The van der Waals surface area contributed by atoms with Crippen molar-refractivity contribution in [1.82, 2.24) is 9.78 Å². The van der Waals surface area contributed by atoms with Crippen molar-refractivity contribution in [3.8, 4) is 0 Å². The van der Waals surface area contributed by atoms with Crippen molar-refractivity contribution in [1.29, 1.82) is 0 Å². The van der Waals surface area contributed by atoms with Gasteiger partial charge in [-0.15, -0.1) is 23.5 Å². The maximum Gasteiger partial charge on any atom is 0.109 e. The monoisotopic (exact) mass is 252 g/mol. The Morgan fingerprint density at radius 2 is 2.36 bits per heavy atom. The zero-order valence-electron chi connectivity index (χ0n) is 6.37. The highest BCUT2D eigenvalue weighted by Gasteiger charge is 2.05. The summed E-state index contributed by atoms with van der Waals surface area (Å²) >= 11 is 6.91. The van der Waals surface area contributed by atoms with Gasteiger partial charge in [0.25, 0.3) is 0 Å². The van der Waals surface area contributed by atoms with Crippen LogP contribution < -0.4 is 0 Å². The number of halogens is 1. The van der Waals surface area contributed by atoms with Gasteiger partial charge in [-0.1, -0.05) is 0 Å². The summed E-state index contributed by atoms with van der Waals surface area (Å²) in [6.45, 7) is 0. The van der Waals surface area contributed by atoms with Gasteiger partial charge in [-0.25, -0.2) is 4.68 Å². The topological polar surface area (TPSA) is 17.8 Å². The summed E-state index contributed by atoms with van der Waals surface area (Å²) in [7, 11) is 0. The highest BCUT2D eigenvalue weighted by atomic mass is 79.9. The molecule has 1 aromatic rings. The Hall–Kier alpha value is 0.390. The molecule has 0 N–H and O–H groups in total. The third kappa shape index (κ3) is 2.16. The molecule has 2 nitrogen and oxygen atoms in total. The van der Waals surface area contributed by atoms with Crippen LogP contribution in [0.2, 0.25) is 0 Å². The molecule has 0 aromatic carbocycles. The van der Waals surface area contributed by atoms with E-state index in [9.17, 15) is 0 Å². The van der Waals surface area contributed by atoms with Gasteiger partial charge in [0.05, 0.1) is 16.5 Å². The van der Waals surface area contributed by atoms with Gasteiger partial charge < -0.3 is 0 Å². The number of thioether (sulfide) groups is 2. The SMILES string of the molecule is CSCn1ncc(Br)c1SC. The second-order valence-corrected chi connectivity index (χ2v) is 4.40. The van der Waals surface area contributed by atoms with Gasteiger partial charge in [-0.2, -0.15) is 5.10 Å². The van der Waals surface area contributed by atoms with Crippen LogP contribution in [-0.2, 0) is 5.88 Å². The summed E-state index contributed by atoms with van der Waals surface area (Å²) < 4.78 is 3.07. The molecule has 0 aliphatic heterocycles. The third-order valence-corrected chi connectivity index (χ3v) is 3.36. The first-order valence-corrected chi connectivity index (χ1v) is 6.45. The van der Waals surface area contributed by atoms with Gasteiger partial charge in [0.1, 0.15) is 5.03 Å². The molecular weight excluding hydrogens is 244 g/mol. The summed E-state index contributed by atoms with van der Waals surface area (Å²) in [6.07, 6.45) is 5.96. The van der Waals surface area contributed by atoms with Crippen molar-refractivity contribution >= 4 is 39.5 Å². The van der Waals surface area contributed by atoms with Crippen LogP contribution in [0.1, 0.15) is 0 Å². The molecule has 0 amide bonds. The summed E-state index contributed by atoms with van der Waals surface area (Å²) in [5.74, 6) is 0.918. The first-order valence-electron chi connectivity index (χ1n) is 3.03. The van der Waals surface area contributed by atoms with E-state index in [-0.39, 0.29) is 0 Å². The molecule has 0 saturated carbocycles. The number of aromatic nitrogens is 2. The lowest BCUT2D eigenvalue weighted by Crippen LogP contribution is -1.97. The van der Waals surface area contributed by atoms with Crippen LogP contribution in [0.3, 0.4) is 0 Å². The van der Waals surface area contributed by atoms with Crippen molar-refractivity contribution in [2.75, 3.05) is 12.5 Å². The van der Waals surface area contributed by atoms with E-state index >= 15 is 0 Å². The minimum absolute atomic E-state index is 0.918. The Labute approximate surface area is 83.2 Å². The molecule has 0 aliphatic rings. The zero-order chi connectivity index (χ0) is 8.27. The molecule has 0 aliphatic carbocycles. The minimum atomic E-state index is 0.918. The Morgan fingerprint density at radius 1 is 1.64 bits per heavy atom. The lowest BCUT2D eigenvalue weighted by molar-refractivity contribution is 0.684. The van der Waals surface area contributed by atoms with Crippen LogP contribution in [0.15, 0.2) is 15.7 Å². The van der Waals surface area contributed by atoms with Gasteiger partial charge in [-0.05, 0) is 28.4 Å². The van der Waals surface area contributed by atoms with Gasteiger partial charge in [-0.3, -0.25) is 0 Å². The molecule has 1 aromatic heterocycles. The smallest absolute Gasteiger partial charge is 0.109 e. The predicted octanol–water partition coefficient (Wildman–Crippen LogP) is 2.69. The van der Waals surface area contributed by atoms with Crippen LogP contribution >= 0.6 is 39.5 Å². The van der Waals surface area contributed by atoms with Gasteiger partial charge in [0, 0.05) is 0 Å². The Bertz CT molecular complexity index is 236. The highest BCUT2D eigenvalue weighted by molar-refractivity contribution is 9.10. The largest absolute Gasteiger partial charge is 0.248 e. The van der Waals surface area contributed by atoms with Gasteiger partial charge >= 0.3 is 0 Å². The number of hydrogen-bond acceptors (Lipinski definition) is 3. The average Bonchev–Trinajstić information content (AvgIpc) is 2.33. The lowest BCUT2D eigenvalue weighted by atomic mass is 10.7. The molecule has 11 heavy (non-hydrogen) atoms. The summed E-state index contributed by atoms with van der Waals surface area (Å²) in [5.41, 5.74) is 0. The first kappa shape index (κ1) is 9.48. The van der Waals surface area contributed by atoms with E-state index in [0.717, 1.165) is 10.3 Å². The highest BCUT2D eigenvalue weighted by Crippen LogP contribution is 2.25. The summed E-state index contributed by atoms with van der Waals surface area (Å²) in [6, 6.07) is 0. The lowest BCUT2D eigenvalue weighted by Gasteiger charge is -2.01. The maximum atomic E-state index is 4.20. The molecule has 0 atom stereocenters.